The van der Waals surface area contributed by atoms with E-state index >= 15 is 0 Å². The highest BCUT2D eigenvalue weighted by molar-refractivity contribution is 7.89. The maximum absolute atomic E-state index is 12.7. The fourth-order valence-corrected chi connectivity index (χ4v) is 4.45. The Morgan fingerprint density at radius 1 is 1.32 bits per heavy atom. The van der Waals surface area contributed by atoms with Gasteiger partial charge in [-0.05, 0) is 50.8 Å². The second-order valence-electron chi connectivity index (χ2n) is 6.40. The number of rotatable bonds is 4. The van der Waals surface area contributed by atoms with Crippen LogP contribution in [0.3, 0.4) is 0 Å². The third kappa shape index (κ3) is 4.45. The molecule has 2 N–H and O–H groups in total. The number of hydrogen-bond donors (Lipinski definition) is 2. The van der Waals surface area contributed by atoms with Gasteiger partial charge in [0.1, 0.15) is 0 Å². The number of halogens is 4. The van der Waals surface area contributed by atoms with Crippen molar-refractivity contribution in [3.63, 3.8) is 0 Å². The minimum atomic E-state index is -4.67. The minimum absolute atomic E-state index is 0.309. The summed E-state index contributed by atoms with van der Waals surface area (Å²) in [6.45, 7) is 1.61. The molecule has 0 amide bonds. The van der Waals surface area contributed by atoms with Gasteiger partial charge < -0.3 is 5.11 Å². The quantitative estimate of drug-likeness (QED) is 0.809. The Morgan fingerprint density at radius 3 is 2.32 bits per heavy atom. The Balaban J connectivity index is 2.13. The average molecular weight is 400 g/mol. The number of aliphatic carboxylic acids is 1. The van der Waals surface area contributed by atoms with Gasteiger partial charge in [-0.1, -0.05) is 11.6 Å². The van der Waals surface area contributed by atoms with Crippen molar-refractivity contribution < 1.29 is 31.5 Å². The largest absolute Gasteiger partial charge is 0.481 e. The molecule has 0 heterocycles. The number of nitrogens with one attached hydrogen (secondary N) is 1. The number of alkyl halides is 3. The van der Waals surface area contributed by atoms with Crippen LogP contribution in [-0.2, 0) is 21.0 Å². The lowest BCUT2D eigenvalue weighted by atomic mass is 9.74. The van der Waals surface area contributed by atoms with Crippen molar-refractivity contribution in [3.8, 4) is 0 Å². The van der Waals surface area contributed by atoms with Crippen molar-refractivity contribution in [2.24, 2.45) is 5.41 Å². The first-order chi connectivity index (χ1) is 11.3. The molecule has 0 saturated heterocycles. The van der Waals surface area contributed by atoms with Crippen LogP contribution in [0.4, 0.5) is 13.2 Å². The van der Waals surface area contributed by atoms with Gasteiger partial charge in [-0.2, -0.15) is 13.2 Å². The zero-order chi connectivity index (χ0) is 19.0. The smallest absolute Gasteiger partial charge is 0.417 e. The van der Waals surface area contributed by atoms with E-state index in [4.69, 9.17) is 11.6 Å². The summed E-state index contributed by atoms with van der Waals surface area (Å²) >= 11 is 5.56. The molecule has 0 aliphatic heterocycles. The third-order valence-corrected chi connectivity index (χ3v) is 6.31. The second-order valence-corrected chi connectivity index (χ2v) is 8.52. The van der Waals surface area contributed by atoms with E-state index in [1.807, 2.05) is 0 Å². The van der Waals surface area contributed by atoms with Gasteiger partial charge >= 0.3 is 12.1 Å². The summed E-state index contributed by atoms with van der Waals surface area (Å²) in [5, 5.41) is 8.47. The summed E-state index contributed by atoms with van der Waals surface area (Å²) in [6, 6.07) is 1.76. The lowest BCUT2D eigenvalue weighted by Crippen LogP contribution is -2.42. The molecule has 2 rings (SSSR count). The Hall–Kier alpha value is -1.32. The molecule has 0 bridgehead atoms. The van der Waals surface area contributed by atoms with E-state index in [0.717, 1.165) is 12.1 Å². The Bertz CT molecular complexity index is 771. The van der Waals surface area contributed by atoms with Crippen LogP contribution in [0.5, 0.6) is 0 Å². The second kappa shape index (κ2) is 6.77. The molecule has 25 heavy (non-hydrogen) atoms. The predicted octanol–water partition coefficient (Wildman–Crippen LogP) is 3.67. The Labute approximate surface area is 148 Å². The summed E-state index contributed by atoms with van der Waals surface area (Å²) < 4.78 is 65.2. The van der Waals surface area contributed by atoms with E-state index < -0.39 is 44.2 Å². The first-order valence-electron chi connectivity index (χ1n) is 7.48. The summed E-state index contributed by atoms with van der Waals surface area (Å²) in [4.78, 5) is 10.8. The van der Waals surface area contributed by atoms with Gasteiger partial charge in [0.2, 0.25) is 10.0 Å². The highest BCUT2D eigenvalue weighted by atomic mass is 35.5. The maximum atomic E-state index is 12.7. The maximum Gasteiger partial charge on any atom is 0.417 e. The van der Waals surface area contributed by atoms with E-state index in [1.165, 1.54) is 0 Å². The average Bonchev–Trinajstić information content (AvgIpc) is 2.48. The summed E-state index contributed by atoms with van der Waals surface area (Å²) in [7, 11) is -4.05. The third-order valence-electron chi connectivity index (χ3n) is 4.48. The van der Waals surface area contributed by atoms with Crippen molar-refractivity contribution in [3.05, 3.63) is 28.8 Å². The van der Waals surface area contributed by atoms with E-state index in [2.05, 4.69) is 4.72 Å². The Kier molecular flexibility index (Phi) is 5.42. The first-order valence-corrected chi connectivity index (χ1v) is 9.34. The standard InChI is InChI=1S/C15H17ClF3NO4S/c1-14(13(21)22)6-4-9(5-7-14)20-25(23,24)10-2-3-11(12(16)8-10)15(17,18)19/h2-3,8-9,20H,4-7H2,1H3,(H,21,22). The minimum Gasteiger partial charge on any atom is -0.481 e. The number of sulfonamides is 1. The van der Waals surface area contributed by atoms with Gasteiger partial charge in [0, 0.05) is 6.04 Å². The van der Waals surface area contributed by atoms with E-state index in [0.29, 0.717) is 31.7 Å². The summed E-state index contributed by atoms with van der Waals surface area (Å²) in [5.74, 6) is -0.927. The van der Waals surface area contributed by atoms with Gasteiger partial charge in [-0.25, -0.2) is 13.1 Å². The van der Waals surface area contributed by atoms with Crippen LogP contribution in [-0.4, -0.2) is 25.5 Å². The van der Waals surface area contributed by atoms with Gasteiger partial charge in [0.05, 0.1) is 20.9 Å². The number of carbonyl (C=O) groups is 1. The zero-order valence-electron chi connectivity index (χ0n) is 13.2. The topological polar surface area (TPSA) is 83.5 Å². The van der Waals surface area contributed by atoms with Crippen molar-refractivity contribution in [1.29, 1.82) is 0 Å². The molecule has 10 heteroatoms. The van der Waals surface area contributed by atoms with Crippen LogP contribution < -0.4 is 4.72 Å². The highest BCUT2D eigenvalue weighted by Gasteiger charge is 2.39. The molecule has 0 spiro atoms. The number of carboxylic acids is 1. The molecule has 1 fully saturated rings. The zero-order valence-corrected chi connectivity index (χ0v) is 14.8. The Morgan fingerprint density at radius 2 is 1.88 bits per heavy atom. The fraction of sp³-hybridized carbons (Fsp3) is 0.533. The fourth-order valence-electron chi connectivity index (χ4n) is 2.77. The molecule has 1 saturated carbocycles. The number of hydrogen-bond acceptors (Lipinski definition) is 3. The normalized spacial score (nSPS) is 24.9. The lowest BCUT2D eigenvalue weighted by molar-refractivity contribution is -0.150. The van der Waals surface area contributed by atoms with Gasteiger partial charge in [0.15, 0.2) is 0 Å². The molecular formula is C15H17ClF3NO4S. The van der Waals surface area contributed by atoms with Crippen LogP contribution in [0.25, 0.3) is 0 Å². The molecule has 140 valence electrons. The summed E-state index contributed by atoms with van der Waals surface area (Å²) in [6.07, 6.45) is -3.39. The first kappa shape index (κ1) is 20.0. The molecule has 1 aromatic rings. The van der Waals surface area contributed by atoms with Crippen molar-refractivity contribution in [2.45, 2.75) is 49.7 Å². The molecule has 0 atom stereocenters. The summed E-state index contributed by atoms with van der Waals surface area (Å²) in [5.41, 5.74) is -2.00. The SMILES string of the molecule is CC1(C(=O)O)CCC(NS(=O)(=O)c2ccc(C(F)(F)F)c(Cl)c2)CC1. The highest BCUT2D eigenvalue weighted by Crippen LogP contribution is 2.37. The molecule has 0 radical (unpaired) electrons. The number of carboxylic acid groups (broad SMARTS) is 1. The van der Waals surface area contributed by atoms with Crippen LogP contribution in [0.1, 0.15) is 38.2 Å². The van der Waals surface area contributed by atoms with Crippen LogP contribution >= 0.6 is 11.6 Å². The van der Waals surface area contributed by atoms with E-state index in [9.17, 15) is 31.5 Å². The molecule has 0 aromatic heterocycles. The predicted molar refractivity (Wildman–Crippen MR) is 84.8 cm³/mol. The van der Waals surface area contributed by atoms with Gasteiger partial charge in [-0.15, -0.1) is 0 Å². The molecule has 0 unspecified atom stereocenters. The van der Waals surface area contributed by atoms with Crippen LogP contribution in [0.2, 0.25) is 5.02 Å². The van der Waals surface area contributed by atoms with Gasteiger partial charge in [-0.3, -0.25) is 4.79 Å². The monoisotopic (exact) mass is 399 g/mol. The molecule has 1 aliphatic carbocycles. The van der Waals surface area contributed by atoms with E-state index in [1.54, 1.807) is 6.92 Å². The van der Waals surface area contributed by atoms with Crippen molar-refractivity contribution in [1.82, 2.24) is 4.72 Å². The molecule has 5 nitrogen and oxygen atoms in total. The van der Waals surface area contributed by atoms with Crippen LogP contribution in [0, 0.1) is 5.41 Å². The van der Waals surface area contributed by atoms with Gasteiger partial charge in [0.25, 0.3) is 0 Å². The van der Waals surface area contributed by atoms with Crippen molar-refractivity contribution in [2.75, 3.05) is 0 Å². The molecular weight excluding hydrogens is 383 g/mol. The molecule has 1 aliphatic rings. The lowest BCUT2D eigenvalue weighted by Gasteiger charge is -2.34. The van der Waals surface area contributed by atoms with E-state index in [-0.39, 0.29) is 4.90 Å². The number of benzene rings is 1. The van der Waals surface area contributed by atoms with Crippen molar-refractivity contribution >= 4 is 27.6 Å². The van der Waals surface area contributed by atoms with Crippen LogP contribution in [0.15, 0.2) is 23.1 Å². The molecule has 1 aromatic carbocycles.